The van der Waals surface area contributed by atoms with Gasteiger partial charge in [0.15, 0.2) is 0 Å². The molecule has 0 aliphatic heterocycles. The van der Waals surface area contributed by atoms with Crippen LogP contribution in [0.15, 0.2) is 54.6 Å². The quantitative estimate of drug-likeness (QED) is 0.698. The number of hydrogen-bond donors (Lipinski definition) is 0. The van der Waals surface area contributed by atoms with Gasteiger partial charge in [0.1, 0.15) is 0 Å². The van der Waals surface area contributed by atoms with Crippen molar-refractivity contribution in [2.45, 2.75) is 12.3 Å². The maximum absolute atomic E-state index is 3.45. The average molecular weight is 205 g/mol. The standard InChI is InChI=1S/C16H13/c1-2-6-13(7-3-1)12-15-11-10-14-8-4-5-9-16(14)15/h1-10,15H,12H2. The van der Waals surface area contributed by atoms with Crippen molar-refractivity contribution in [2.24, 2.45) is 0 Å². The second kappa shape index (κ2) is 3.97. The van der Waals surface area contributed by atoms with E-state index in [4.69, 9.17) is 0 Å². The first-order valence-corrected chi connectivity index (χ1v) is 5.65. The van der Waals surface area contributed by atoms with Gasteiger partial charge in [-0.05, 0) is 29.2 Å². The molecule has 0 saturated carbocycles. The lowest BCUT2D eigenvalue weighted by atomic mass is 9.94. The van der Waals surface area contributed by atoms with E-state index >= 15 is 0 Å². The second-order valence-electron chi connectivity index (χ2n) is 4.18. The van der Waals surface area contributed by atoms with Crippen molar-refractivity contribution in [3.05, 3.63) is 77.4 Å². The van der Waals surface area contributed by atoms with Crippen LogP contribution in [-0.4, -0.2) is 0 Å². The van der Waals surface area contributed by atoms with E-state index in [9.17, 15) is 0 Å². The third kappa shape index (κ3) is 1.67. The molecular formula is C16H13. The molecule has 1 unspecified atom stereocenters. The van der Waals surface area contributed by atoms with E-state index in [0.29, 0.717) is 5.92 Å². The minimum atomic E-state index is 0.429. The number of benzene rings is 2. The molecule has 0 fully saturated rings. The SMILES string of the molecule is [C]1=Cc2ccccc2C1Cc1ccccc1. The normalized spacial score (nSPS) is 17.4. The Balaban J connectivity index is 1.87. The van der Waals surface area contributed by atoms with Crippen LogP contribution in [0, 0.1) is 6.08 Å². The molecule has 0 aromatic heterocycles. The zero-order chi connectivity index (χ0) is 10.8. The van der Waals surface area contributed by atoms with Gasteiger partial charge >= 0.3 is 0 Å². The van der Waals surface area contributed by atoms with Crippen LogP contribution in [0.5, 0.6) is 0 Å². The molecule has 0 spiro atoms. The molecule has 1 aliphatic carbocycles. The summed E-state index contributed by atoms with van der Waals surface area (Å²) in [6, 6.07) is 19.2. The van der Waals surface area contributed by atoms with E-state index in [-0.39, 0.29) is 0 Å². The first kappa shape index (κ1) is 9.41. The number of allylic oxidation sites excluding steroid dienone is 1. The minimum absolute atomic E-state index is 0.429. The van der Waals surface area contributed by atoms with Crippen LogP contribution >= 0.6 is 0 Å². The maximum atomic E-state index is 3.45. The van der Waals surface area contributed by atoms with Gasteiger partial charge in [-0.25, -0.2) is 0 Å². The Kier molecular flexibility index (Phi) is 2.34. The van der Waals surface area contributed by atoms with E-state index in [1.807, 2.05) is 0 Å². The summed E-state index contributed by atoms with van der Waals surface area (Å²) in [5.74, 6) is 0.429. The van der Waals surface area contributed by atoms with Crippen LogP contribution in [0.2, 0.25) is 0 Å². The van der Waals surface area contributed by atoms with Gasteiger partial charge in [-0.15, -0.1) is 0 Å². The Bertz CT molecular complexity index is 509. The first-order valence-electron chi connectivity index (χ1n) is 5.65. The van der Waals surface area contributed by atoms with Gasteiger partial charge in [0.2, 0.25) is 0 Å². The van der Waals surface area contributed by atoms with Gasteiger partial charge in [0.05, 0.1) is 0 Å². The number of hydrogen-bond acceptors (Lipinski definition) is 0. The number of rotatable bonds is 2. The molecule has 1 aliphatic rings. The fraction of sp³-hybridized carbons (Fsp3) is 0.125. The van der Waals surface area contributed by atoms with Crippen LogP contribution in [0.4, 0.5) is 0 Å². The van der Waals surface area contributed by atoms with Crippen molar-refractivity contribution in [3.63, 3.8) is 0 Å². The lowest BCUT2D eigenvalue weighted by Crippen LogP contribution is -1.98. The predicted molar refractivity (Wildman–Crippen MR) is 67.0 cm³/mol. The van der Waals surface area contributed by atoms with E-state index in [1.54, 1.807) is 0 Å². The molecule has 3 rings (SSSR count). The monoisotopic (exact) mass is 205 g/mol. The zero-order valence-corrected chi connectivity index (χ0v) is 9.06. The molecule has 2 aromatic rings. The summed E-state index contributed by atoms with van der Waals surface area (Å²) in [5.41, 5.74) is 4.11. The van der Waals surface area contributed by atoms with Crippen molar-refractivity contribution in [2.75, 3.05) is 0 Å². The minimum Gasteiger partial charge on any atom is -0.0622 e. The highest BCUT2D eigenvalue weighted by atomic mass is 14.2. The molecule has 0 heterocycles. The van der Waals surface area contributed by atoms with Crippen LogP contribution in [0.3, 0.4) is 0 Å². The highest BCUT2D eigenvalue weighted by Crippen LogP contribution is 2.31. The van der Waals surface area contributed by atoms with E-state index in [1.165, 1.54) is 16.7 Å². The summed E-state index contributed by atoms with van der Waals surface area (Å²) in [7, 11) is 0. The van der Waals surface area contributed by atoms with Gasteiger partial charge in [0.25, 0.3) is 0 Å². The molecule has 0 amide bonds. The number of fused-ring (bicyclic) bond motifs is 1. The Hall–Kier alpha value is -1.82. The third-order valence-corrected chi connectivity index (χ3v) is 3.09. The maximum Gasteiger partial charge on any atom is 0.0139 e. The lowest BCUT2D eigenvalue weighted by Gasteiger charge is -2.10. The highest BCUT2D eigenvalue weighted by molar-refractivity contribution is 5.60. The molecule has 0 bridgehead atoms. The van der Waals surface area contributed by atoms with Crippen LogP contribution in [-0.2, 0) is 6.42 Å². The Labute approximate surface area is 96.3 Å². The van der Waals surface area contributed by atoms with E-state index in [0.717, 1.165) is 6.42 Å². The zero-order valence-electron chi connectivity index (χ0n) is 9.06. The molecule has 1 atom stereocenters. The first-order chi connectivity index (χ1) is 7.93. The van der Waals surface area contributed by atoms with Crippen LogP contribution in [0.1, 0.15) is 22.6 Å². The summed E-state index contributed by atoms with van der Waals surface area (Å²) < 4.78 is 0. The molecule has 0 nitrogen and oxygen atoms in total. The van der Waals surface area contributed by atoms with Crippen molar-refractivity contribution < 1.29 is 0 Å². The second-order valence-corrected chi connectivity index (χ2v) is 4.18. The molecule has 77 valence electrons. The Morgan fingerprint density at radius 2 is 1.62 bits per heavy atom. The van der Waals surface area contributed by atoms with E-state index < -0.39 is 0 Å². The molecule has 0 heteroatoms. The average Bonchev–Trinajstić information content (AvgIpc) is 2.74. The van der Waals surface area contributed by atoms with Crippen LogP contribution in [0.25, 0.3) is 6.08 Å². The summed E-state index contributed by atoms with van der Waals surface area (Å²) in [6.07, 6.45) is 6.61. The largest absolute Gasteiger partial charge is 0.0622 e. The fourth-order valence-electron chi connectivity index (χ4n) is 2.26. The van der Waals surface area contributed by atoms with Gasteiger partial charge < -0.3 is 0 Å². The smallest absolute Gasteiger partial charge is 0.0139 e. The highest BCUT2D eigenvalue weighted by Gasteiger charge is 2.16. The van der Waals surface area contributed by atoms with E-state index in [2.05, 4.69) is 66.7 Å². The summed E-state index contributed by atoms with van der Waals surface area (Å²) in [6.45, 7) is 0. The van der Waals surface area contributed by atoms with Crippen molar-refractivity contribution in [1.29, 1.82) is 0 Å². The molecule has 0 saturated heterocycles. The lowest BCUT2D eigenvalue weighted by molar-refractivity contribution is 0.832. The van der Waals surface area contributed by atoms with Crippen LogP contribution < -0.4 is 0 Å². The van der Waals surface area contributed by atoms with Gasteiger partial charge in [-0.1, -0.05) is 60.7 Å². The molecule has 2 aromatic carbocycles. The summed E-state index contributed by atoms with van der Waals surface area (Å²) in [4.78, 5) is 0. The topological polar surface area (TPSA) is 0 Å². The molecule has 1 radical (unpaired) electrons. The summed E-state index contributed by atoms with van der Waals surface area (Å²) in [5, 5.41) is 0. The van der Waals surface area contributed by atoms with Crippen molar-refractivity contribution in [1.82, 2.24) is 0 Å². The Morgan fingerprint density at radius 1 is 0.875 bits per heavy atom. The Morgan fingerprint density at radius 3 is 2.50 bits per heavy atom. The molecule has 16 heavy (non-hydrogen) atoms. The molecular weight excluding hydrogens is 192 g/mol. The predicted octanol–water partition coefficient (Wildman–Crippen LogP) is 3.84. The fourth-order valence-corrected chi connectivity index (χ4v) is 2.26. The van der Waals surface area contributed by atoms with Gasteiger partial charge in [0, 0.05) is 5.92 Å². The summed E-state index contributed by atoms with van der Waals surface area (Å²) >= 11 is 0. The van der Waals surface area contributed by atoms with Gasteiger partial charge in [-0.3, -0.25) is 0 Å². The van der Waals surface area contributed by atoms with Gasteiger partial charge in [-0.2, -0.15) is 0 Å². The third-order valence-electron chi connectivity index (χ3n) is 3.09. The molecule has 0 N–H and O–H groups in total. The van der Waals surface area contributed by atoms with Crippen molar-refractivity contribution in [3.8, 4) is 0 Å². The van der Waals surface area contributed by atoms with Crippen molar-refractivity contribution >= 4 is 6.08 Å².